The van der Waals surface area contributed by atoms with Crippen molar-refractivity contribution in [3.05, 3.63) is 11.8 Å². The molecule has 0 radical (unpaired) electrons. The molecule has 120 valence electrons. The molecule has 0 saturated heterocycles. The summed E-state index contributed by atoms with van der Waals surface area (Å²) in [5.74, 6) is 0.623. The van der Waals surface area contributed by atoms with Gasteiger partial charge in [0.25, 0.3) is 5.95 Å². The minimum atomic E-state index is -2.14. The standard InChI is InChI=1S/C15H25O4PS/c1-5-7-9-20(21,10-8-6-2)14(16)13-12(17-3)11-19-15(13)18-4/h11H,5-10H2,1-4H3. The lowest BCUT2D eigenvalue weighted by Gasteiger charge is -2.20. The van der Waals surface area contributed by atoms with Crippen LogP contribution >= 0.6 is 6.04 Å². The van der Waals surface area contributed by atoms with Crippen molar-refractivity contribution in [3.63, 3.8) is 0 Å². The second-order valence-corrected chi connectivity index (χ2v) is 10.2. The molecule has 0 spiro atoms. The number of methoxy groups -OCH3 is 2. The third-order valence-electron chi connectivity index (χ3n) is 3.46. The number of ether oxygens (including phenoxy) is 2. The van der Waals surface area contributed by atoms with Crippen molar-refractivity contribution in [2.24, 2.45) is 0 Å². The summed E-state index contributed by atoms with van der Waals surface area (Å²) < 4.78 is 15.7. The molecule has 21 heavy (non-hydrogen) atoms. The number of hydrogen-bond donors (Lipinski definition) is 0. The molecule has 0 aromatic carbocycles. The SMILES string of the molecule is CCCCP(=S)(CCCC)C(=O)c1c(OC)coc1OC. The van der Waals surface area contributed by atoms with E-state index in [0.717, 1.165) is 38.0 Å². The third-order valence-corrected chi connectivity index (χ3v) is 8.09. The van der Waals surface area contributed by atoms with E-state index in [1.807, 2.05) is 0 Å². The predicted octanol–water partition coefficient (Wildman–Crippen LogP) is 4.52. The number of rotatable bonds is 10. The van der Waals surface area contributed by atoms with Crippen LogP contribution in [0.4, 0.5) is 0 Å². The highest BCUT2D eigenvalue weighted by molar-refractivity contribution is 8.22. The summed E-state index contributed by atoms with van der Waals surface area (Å²) in [5, 5.41) is 0. The summed E-state index contributed by atoms with van der Waals surface area (Å²) in [5.41, 5.74) is 0.373. The maximum Gasteiger partial charge on any atom is 0.299 e. The summed E-state index contributed by atoms with van der Waals surface area (Å²) in [4.78, 5) is 13.0. The first-order valence-electron chi connectivity index (χ1n) is 7.36. The second-order valence-electron chi connectivity index (χ2n) is 5.02. The highest BCUT2D eigenvalue weighted by atomic mass is 32.4. The van der Waals surface area contributed by atoms with Crippen LogP contribution in [-0.2, 0) is 11.8 Å². The maximum absolute atomic E-state index is 13.0. The Morgan fingerprint density at radius 1 is 1.19 bits per heavy atom. The molecular formula is C15H25O4PS. The van der Waals surface area contributed by atoms with Crippen molar-refractivity contribution < 1.29 is 18.7 Å². The fourth-order valence-electron chi connectivity index (χ4n) is 2.16. The van der Waals surface area contributed by atoms with Gasteiger partial charge >= 0.3 is 0 Å². The Hall–Kier alpha value is -0.800. The van der Waals surface area contributed by atoms with E-state index in [1.165, 1.54) is 20.5 Å². The van der Waals surface area contributed by atoms with Gasteiger partial charge < -0.3 is 13.9 Å². The van der Waals surface area contributed by atoms with E-state index in [4.69, 9.17) is 25.7 Å². The molecule has 1 rings (SSSR count). The van der Waals surface area contributed by atoms with Crippen molar-refractivity contribution in [2.75, 3.05) is 26.5 Å². The van der Waals surface area contributed by atoms with Crippen LogP contribution in [0.1, 0.15) is 49.9 Å². The van der Waals surface area contributed by atoms with Crippen molar-refractivity contribution >= 4 is 23.4 Å². The molecule has 6 heteroatoms. The van der Waals surface area contributed by atoms with Crippen LogP contribution in [0, 0.1) is 0 Å². The first-order chi connectivity index (χ1) is 10.0. The number of furan rings is 1. The van der Waals surface area contributed by atoms with Crippen LogP contribution < -0.4 is 9.47 Å². The lowest BCUT2D eigenvalue weighted by atomic mass is 10.3. The van der Waals surface area contributed by atoms with E-state index < -0.39 is 6.04 Å². The Morgan fingerprint density at radius 3 is 2.19 bits per heavy atom. The molecule has 0 N–H and O–H groups in total. The largest absolute Gasteiger partial charge is 0.492 e. The smallest absolute Gasteiger partial charge is 0.299 e. The zero-order chi connectivity index (χ0) is 15.9. The van der Waals surface area contributed by atoms with Crippen LogP contribution in [-0.4, -0.2) is 32.1 Å². The van der Waals surface area contributed by atoms with Gasteiger partial charge in [-0.2, -0.15) is 0 Å². The van der Waals surface area contributed by atoms with Gasteiger partial charge in [0.2, 0.25) is 5.52 Å². The van der Waals surface area contributed by atoms with E-state index >= 15 is 0 Å². The van der Waals surface area contributed by atoms with Gasteiger partial charge in [0.15, 0.2) is 5.75 Å². The number of unbranched alkanes of at least 4 members (excludes halogenated alkanes) is 2. The van der Waals surface area contributed by atoms with Crippen molar-refractivity contribution in [1.82, 2.24) is 0 Å². The Bertz CT molecular complexity index is 476. The second kappa shape index (κ2) is 8.60. The normalized spacial score (nSPS) is 11.4. The molecule has 1 aromatic heterocycles. The van der Waals surface area contributed by atoms with E-state index in [-0.39, 0.29) is 11.5 Å². The Balaban J connectivity index is 3.15. The number of carbonyl (C=O) groups excluding carboxylic acids is 1. The number of hydrogen-bond acceptors (Lipinski definition) is 5. The van der Waals surface area contributed by atoms with Gasteiger partial charge in [-0.25, -0.2) is 0 Å². The van der Waals surface area contributed by atoms with Gasteiger partial charge in [-0.05, 0) is 25.2 Å². The number of carbonyl (C=O) groups is 1. The van der Waals surface area contributed by atoms with Crippen LogP contribution in [0.2, 0.25) is 0 Å². The Morgan fingerprint density at radius 2 is 1.76 bits per heavy atom. The molecule has 0 aliphatic rings. The van der Waals surface area contributed by atoms with Gasteiger partial charge in [0.05, 0.1) is 14.2 Å². The summed E-state index contributed by atoms with van der Waals surface area (Å²) in [7, 11) is 3.00. The van der Waals surface area contributed by atoms with Crippen molar-refractivity contribution in [2.45, 2.75) is 39.5 Å². The Kier molecular flexibility index (Phi) is 7.47. The topological polar surface area (TPSA) is 48.7 Å². The molecular weight excluding hydrogens is 307 g/mol. The average Bonchev–Trinajstić information content (AvgIpc) is 2.92. The molecule has 4 nitrogen and oxygen atoms in total. The van der Waals surface area contributed by atoms with Gasteiger partial charge in [-0.3, -0.25) is 4.79 Å². The highest BCUT2D eigenvalue weighted by Crippen LogP contribution is 2.54. The van der Waals surface area contributed by atoms with Crippen LogP contribution in [0.3, 0.4) is 0 Å². The molecule has 0 saturated carbocycles. The quantitative estimate of drug-likeness (QED) is 0.590. The van der Waals surface area contributed by atoms with Gasteiger partial charge in [0.1, 0.15) is 11.8 Å². The predicted molar refractivity (Wildman–Crippen MR) is 90.0 cm³/mol. The fraction of sp³-hybridized carbons (Fsp3) is 0.667. The van der Waals surface area contributed by atoms with E-state index in [2.05, 4.69) is 13.8 Å². The monoisotopic (exact) mass is 332 g/mol. The van der Waals surface area contributed by atoms with E-state index in [1.54, 1.807) is 0 Å². The van der Waals surface area contributed by atoms with E-state index in [0.29, 0.717) is 11.3 Å². The molecule has 1 aromatic rings. The lowest BCUT2D eigenvalue weighted by molar-refractivity contribution is 0.107. The minimum absolute atomic E-state index is 0.0122. The summed E-state index contributed by atoms with van der Waals surface area (Å²) in [6, 6.07) is -2.14. The molecule has 1 heterocycles. The zero-order valence-corrected chi connectivity index (χ0v) is 15.0. The molecule has 0 fully saturated rings. The summed E-state index contributed by atoms with van der Waals surface area (Å²) >= 11 is 5.83. The average molecular weight is 332 g/mol. The first kappa shape index (κ1) is 18.2. The molecule has 0 unspecified atom stereocenters. The maximum atomic E-state index is 13.0. The van der Waals surface area contributed by atoms with Gasteiger partial charge in [-0.1, -0.05) is 38.5 Å². The molecule has 0 bridgehead atoms. The summed E-state index contributed by atoms with van der Waals surface area (Å²) in [6.07, 6.45) is 7.05. The summed E-state index contributed by atoms with van der Waals surface area (Å²) in [6.45, 7) is 4.23. The Labute approximate surface area is 132 Å². The minimum Gasteiger partial charge on any atom is -0.492 e. The molecule has 0 atom stereocenters. The van der Waals surface area contributed by atoms with Crippen LogP contribution in [0.15, 0.2) is 10.7 Å². The van der Waals surface area contributed by atoms with Crippen molar-refractivity contribution in [1.29, 1.82) is 0 Å². The van der Waals surface area contributed by atoms with Gasteiger partial charge in [-0.15, -0.1) is 0 Å². The fourth-order valence-corrected chi connectivity index (χ4v) is 6.11. The first-order valence-corrected chi connectivity index (χ1v) is 10.5. The molecule has 0 aliphatic heterocycles. The zero-order valence-electron chi connectivity index (χ0n) is 13.3. The molecule has 0 amide bonds. The van der Waals surface area contributed by atoms with Crippen molar-refractivity contribution in [3.8, 4) is 11.7 Å². The van der Waals surface area contributed by atoms with Crippen LogP contribution in [0.5, 0.6) is 11.7 Å². The molecule has 0 aliphatic carbocycles. The third kappa shape index (κ3) is 4.33. The van der Waals surface area contributed by atoms with Crippen LogP contribution in [0.25, 0.3) is 0 Å². The lowest BCUT2D eigenvalue weighted by Crippen LogP contribution is -2.09. The van der Waals surface area contributed by atoms with E-state index in [9.17, 15) is 4.79 Å². The highest BCUT2D eigenvalue weighted by Gasteiger charge is 2.33. The van der Waals surface area contributed by atoms with Gasteiger partial charge in [0, 0.05) is 6.04 Å².